The number of halogens is 4. The van der Waals surface area contributed by atoms with Crippen molar-refractivity contribution in [3.8, 4) is 22.6 Å². The van der Waals surface area contributed by atoms with Crippen LogP contribution in [0.2, 0.25) is 5.02 Å². The molecule has 12 heteroatoms. The number of alkyl halides is 3. The smallest absolute Gasteiger partial charge is 0.332 e. The zero-order chi connectivity index (χ0) is 26.2. The first kappa shape index (κ1) is 24.6. The molecule has 8 nitrogen and oxygen atoms in total. The minimum Gasteiger partial charge on any atom is -0.375 e. The second-order valence-electron chi connectivity index (χ2n) is 8.40. The monoisotopic (exact) mass is 526 g/mol. The molecule has 37 heavy (non-hydrogen) atoms. The van der Waals surface area contributed by atoms with Gasteiger partial charge in [0.15, 0.2) is 5.82 Å². The van der Waals surface area contributed by atoms with Gasteiger partial charge < -0.3 is 20.6 Å². The topological polar surface area (TPSA) is 96.4 Å². The Hall–Kier alpha value is -4.12. The van der Waals surface area contributed by atoms with E-state index in [1.807, 2.05) is 0 Å². The molecule has 1 atom stereocenters. The first-order valence-corrected chi connectivity index (χ1v) is 11.7. The van der Waals surface area contributed by atoms with Gasteiger partial charge in [0.2, 0.25) is 5.82 Å². The molecule has 0 spiro atoms. The molecule has 0 aliphatic carbocycles. The lowest BCUT2D eigenvalue weighted by Gasteiger charge is -2.28. The van der Waals surface area contributed by atoms with Crippen LogP contribution < -0.4 is 10.6 Å². The van der Waals surface area contributed by atoms with Crippen LogP contribution in [0.3, 0.4) is 0 Å². The van der Waals surface area contributed by atoms with E-state index in [-0.39, 0.29) is 17.9 Å². The number of benzene rings is 1. The number of pyridine rings is 1. The average Bonchev–Trinajstić information content (AvgIpc) is 3.54. The van der Waals surface area contributed by atoms with Gasteiger partial charge in [-0.25, -0.2) is 9.37 Å². The fourth-order valence-corrected chi connectivity index (χ4v) is 4.57. The summed E-state index contributed by atoms with van der Waals surface area (Å²) in [7, 11) is 1.70. The van der Waals surface area contributed by atoms with Gasteiger partial charge >= 0.3 is 5.92 Å². The molecule has 190 valence electrons. The summed E-state index contributed by atoms with van der Waals surface area (Å²) in [6, 6.07) is 9.88. The Morgan fingerprint density at radius 1 is 1.24 bits per heavy atom. The summed E-state index contributed by atoms with van der Waals surface area (Å²) in [6.45, 7) is -0.749. The van der Waals surface area contributed by atoms with Gasteiger partial charge in [-0.2, -0.15) is 8.78 Å². The molecule has 3 aromatic heterocycles. The molecule has 1 aliphatic rings. The summed E-state index contributed by atoms with van der Waals surface area (Å²) in [4.78, 5) is 4.27. The maximum atomic E-state index is 15.4. The minimum atomic E-state index is -3.46. The lowest BCUT2D eigenvalue weighted by molar-refractivity contribution is 0.0258. The van der Waals surface area contributed by atoms with E-state index in [0.29, 0.717) is 33.5 Å². The number of hydrogen-bond acceptors (Lipinski definition) is 6. The van der Waals surface area contributed by atoms with E-state index in [9.17, 15) is 4.39 Å². The predicted molar refractivity (Wildman–Crippen MR) is 136 cm³/mol. The van der Waals surface area contributed by atoms with Gasteiger partial charge in [-0.3, -0.25) is 4.57 Å². The van der Waals surface area contributed by atoms with Crippen molar-refractivity contribution in [2.24, 2.45) is 0 Å². The Morgan fingerprint density at radius 2 is 2.03 bits per heavy atom. The molecule has 4 heterocycles. The van der Waals surface area contributed by atoms with Gasteiger partial charge in [0.25, 0.3) is 0 Å². The zero-order valence-electron chi connectivity index (χ0n) is 19.6. The van der Waals surface area contributed by atoms with E-state index >= 15 is 8.78 Å². The second-order valence-corrected chi connectivity index (χ2v) is 8.81. The molecule has 0 fully saturated rings. The zero-order valence-corrected chi connectivity index (χ0v) is 20.3. The molecule has 0 saturated carbocycles. The minimum absolute atomic E-state index is 0.120. The second kappa shape index (κ2) is 9.74. The van der Waals surface area contributed by atoms with Crippen molar-refractivity contribution in [2.75, 3.05) is 19.0 Å². The van der Waals surface area contributed by atoms with E-state index in [1.54, 1.807) is 36.0 Å². The van der Waals surface area contributed by atoms with Crippen LogP contribution in [0.5, 0.6) is 0 Å². The normalized spacial score (nSPS) is 15.2. The number of rotatable bonds is 8. The molecule has 4 aromatic rings. The Morgan fingerprint density at radius 3 is 2.73 bits per heavy atom. The van der Waals surface area contributed by atoms with Crippen molar-refractivity contribution in [2.45, 2.75) is 18.5 Å². The van der Waals surface area contributed by atoms with Crippen LogP contribution in [0.4, 0.5) is 19.0 Å². The fraction of sp³-hybridized carbons (Fsp3) is 0.200. The standard InChI is InChI=1S/C25H22ClF3N8/c1-31-21(7-8-30)33-22-10-18(19(26)12-32-22)15-9-20-23-34-35-24(25(28,29)16-5-3-2-4-6-16)37(23)17(11-27)14-36(20)13-15/h2-10,12-13,17,30-31H,11,14H2,1H3,(H,32,33)/b21-7+,30-8?/t17-/m0/s1. The lowest BCUT2D eigenvalue weighted by Crippen LogP contribution is -2.30. The molecule has 0 saturated heterocycles. The van der Waals surface area contributed by atoms with E-state index in [4.69, 9.17) is 17.0 Å². The highest BCUT2D eigenvalue weighted by atomic mass is 35.5. The largest absolute Gasteiger partial charge is 0.375 e. The van der Waals surface area contributed by atoms with Gasteiger partial charge in [0.05, 0.1) is 16.8 Å². The first-order chi connectivity index (χ1) is 17.9. The third-order valence-corrected chi connectivity index (χ3v) is 6.44. The molecule has 0 bridgehead atoms. The van der Waals surface area contributed by atoms with Crippen LogP contribution in [0, 0.1) is 5.41 Å². The number of nitrogens with one attached hydrogen (secondary N) is 3. The highest BCUT2D eigenvalue weighted by molar-refractivity contribution is 6.33. The summed E-state index contributed by atoms with van der Waals surface area (Å²) < 4.78 is 48.0. The maximum absolute atomic E-state index is 15.4. The number of fused-ring (bicyclic) bond motifs is 3. The molecule has 0 unspecified atom stereocenters. The molecular formula is C25H22ClF3N8. The summed E-state index contributed by atoms with van der Waals surface area (Å²) >= 11 is 6.46. The van der Waals surface area contributed by atoms with Crippen molar-refractivity contribution >= 4 is 23.6 Å². The van der Waals surface area contributed by atoms with Crippen LogP contribution in [0.15, 0.2) is 66.8 Å². The average molecular weight is 527 g/mol. The Labute approximate surface area is 215 Å². The fourth-order valence-electron chi connectivity index (χ4n) is 4.36. The third-order valence-electron chi connectivity index (χ3n) is 6.14. The van der Waals surface area contributed by atoms with Crippen LogP contribution in [-0.4, -0.2) is 44.3 Å². The third kappa shape index (κ3) is 4.35. The van der Waals surface area contributed by atoms with Crippen molar-refractivity contribution in [3.05, 3.63) is 83.2 Å². The summed E-state index contributed by atoms with van der Waals surface area (Å²) in [5.74, 6) is -2.88. The van der Waals surface area contributed by atoms with E-state index in [1.165, 1.54) is 41.1 Å². The Kier molecular flexibility index (Phi) is 6.46. The summed E-state index contributed by atoms with van der Waals surface area (Å²) in [5, 5.41) is 21.5. The predicted octanol–water partition coefficient (Wildman–Crippen LogP) is 5.25. The highest BCUT2D eigenvalue weighted by Gasteiger charge is 2.43. The molecule has 3 N–H and O–H groups in total. The quantitative estimate of drug-likeness (QED) is 0.273. The van der Waals surface area contributed by atoms with E-state index in [0.717, 1.165) is 6.21 Å². The number of anilines is 1. The maximum Gasteiger partial charge on any atom is 0.332 e. The Balaban J connectivity index is 1.57. The van der Waals surface area contributed by atoms with Gasteiger partial charge in [0, 0.05) is 48.9 Å². The van der Waals surface area contributed by atoms with E-state index in [2.05, 4.69) is 25.8 Å². The van der Waals surface area contributed by atoms with Gasteiger partial charge in [-0.1, -0.05) is 41.9 Å². The van der Waals surface area contributed by atoms with Gasteiger partial charge in [-0.15, -0.1) is 10.2 Å². The summed E-state index contributed by atoms with van der Waals surface area (Å²) in [6.07, 6.45) is 5.92. The van der Waals surface area contributed by atoms with Gasteiger partial charge in [-0.05, 0) is 18.2 Å². The van der Waals surface area contributed by atoms with Crippen LogP contribution in [-0.2, 0) is 12.5 Å². The van der Waals surface area contributed by atoms with Crippen LogP contribution in [0.25, 0.3) is 22.6 Å². The van der Waals surface area contributed by atoms with Crippen LogP contribution >= 0.6 is 11.6 Å². The molecule has 0 radical (unpaired) electrons. The number of nitrogens with zero attached hydrogens (tertiary/aromatic N) is 5. The molecule has 1 aliphatic heterocycles. The van der Waals surface area contributed by atoms with Crippen molar-refractivity contribution < 1.29 is 13.2 Å². The van der Waals surface area contributed by atoms with Gasteiger partial charge in [0.1, 0.15) is 18.3 Å². The number of allylic oxidation sites excluding steroid dienone is 1. The number of aromatic nitrogens is 5. The van der Waals surface area contributed by atoms with Crippen molar-refractivity contribution in [3.63, 3.8) is 0 Å². The van der Waals surface area contributed by atoms with Crippen molar-refractivity contribution in [1.29, 1.82) is 5.41 Å². The molecule has 5 rings (SSSR count). The molecular weight excluding hydrogens is 505 g/mol. The molecule has 1 aromatic carbocycles. The number of hydrogen-bond donors (Lipinski definition) is 3. The lowest BCUT2D eigenvalue weighted by atomic mass is 10.1. The highest BCUT2D eigenvalue weighted by Crippen LogP contribution is 2.42. The SMILES string of the molecule is CN/C(=C\C=N)Nc1cc(-c2cc3n(c2)C[C@H](CF)n2c-3nnc2C(F)(F)c2ccccc2)c(Cl)cn1. The molecule has 0 amide bonds. The Bertz CT molecular complexity index is 1480. The van der Waals surface area contributed by atoms with Crippen molar-refractivity contribution in [1.82, 2.24) is 29.6 Å². The van der Waals surface area contributed by atoms with E-state index < -0.39 is 24.5 Å². The van der Waals surface area contributed by atoms with Crippen LogP contribution in [0.1, 0.15) is 17.4 Å². The first-order valence-electron chi connectivity index (χ1n) is 11.3. The summed E-state index contributed by atoms with van der Waals surface area (Å²) in [5.41, 5.74) is 1.58.